The molecule has 0 aromatic rings. The zero-order valence-electron chi connectivity index (χ0n) is 12.2. The summed E-state index contributed by atoms with van der Waals surface area (Å²) in [5, 5.41) is 0. The maximum atomic E-state index is 5.64. The highest BCUT2D eigenvalue weighted by atomic mass is 35.5. The molecule has 0 rings (SSSR count). The smallest absolute Gasteiger partial charge is 0.0223 e. The van der Waals surface area contributed by atoms with Crippen LogP contribution in [0.15, 0.2) is 0 Å². The van der Waals surface area contributed by atoms with Crippen molar-refractivity contribution in [3.8, 4) is 0 Å². The van der Waals surface area contributed by atoms with Gasteiger partial charge in [0.25, 0.3) is 0 Å². The topological polar surface area (TPSA) is 0 Å². The van der Waals surface area contributed by atoms with E-state index >= 15 is 0 Å². The van der Waals surface area contributed by atoms with E-state index in [2.05, 4.69) is 20.8 Å². The normalized spacial score (nSPS) is 11.6. The molecule has 0 nitrogen and oxygen atoms in total. The highest BCUT2D eigenvalue weighted by Gasteiger charge is 2.06. The molecular weight excluding hydrogens is 228 g/mol. The molecule has 0 amide bonds. The van der Waals surface area contributed by atoms with Crippen LogP contribution in [0.2, 0.25) is 0 Å². The van der Waals surface area contributed by atoms with Crippen molar-refractivity contribution in [3.63, 3.8) is 0 Å². The Labute approximate surface area is 115 Å². The molecule has 0 aliphatic carbocycles. The van der Waals surface area contributed by atoms with Gasteiger partial charge in [-0.15, -0.1) is 11.6 Å². The van der Waals surface area contributed by atoms with Crippen molar-refractivity contribution in [1.82, 2.24) is 0 Å². The number of halogens is 1. The Morgan fingerprint density at radius 1 is 0.765 bits per heavy atom. The number of hydrogen-bond donors (Lipinski definition) is 0. The molecule has 0 N–H and O–H groups in total. The van der Waals surface area contributed by atoms with Gasteiger partial charge in [-0.3, -0.25) is 0 Å². The summed E-state index contributed by atoms with van der Waals surface area (Å²) >= 11 is 5.64. The Morgan fingerprint density at radius 2 is 1.18 bits per heavy atom. The third-order valence-electron chi connectivity index (χ3n) is 3.69. The van der Waals surface area contributed by atoms with E-state index < -0.39 is 0 Å². The van der Waals surface area contributed by atoms with E-state index in [0.717, 1.165) is 11.8 Å². The number of hydrogen-bond acceptors (Lipinski definition) is 0. The van der Waals surface area contributed by atoms with Crippen molar-refractivity contribution in [1.29, 1.82) is 0 Å². The molecule has 0 aliphatic heterocycles. The highest BCUT2D eigenvalue weighted by molar-refractivity contribution is 6.17. The van der Waals surface area contributed by atoms with Crippen LogP contribution in [0, 0.1) is 11.8 Å². The molecule has 0 atom stereocenters. The summed E-state index contributed by atoms with van der Waals surface area (Å²) in [6.07, 6.45) is 13.8. The first kappa shape index (κ1) is 17.3. The lowest BCUT2D eigenvalue weighted by Gasteiger charge is -2.14. The third kappa shape index (κ3) is 12.5. The molecule has 0 bridgehead atoms. The zero-order valence-corrected chi connectivity index (χ0v) is 13.0. The molecule has 0 saturated heterocycles. The first-order chi connectivity index (χ1) is 8.18. The molecule has 0 saturated carbocycles. The lowest BCUT2D eigenvalue weighted by Crippen LogP contribution is -2.00. The SMILES string of the molecule is C[C](CCCCCCCCCCCCl)C(C)C. The number of rotatable bonds is 12. The summed E-state index contributed by atoms with van der Waals surface area (Å²) in [6.45, 7) is 6.91. The molecule has 0 heterocycles. The molecular formula is C16H32Cl. The van der Waals surface area contributed by atoms with E-state index in [1.54, 1.807) is 5.92 Å². The standard InChI is InChI=1S/C16H32Cl/c1-15(2)16(3)13-11-9-7-5-4-6-8-10-12-14-17/h15H,4-14H2,1-3H3. The van der Waals surface area contributed by atoms with Crippen molar-refractivity contribution in [2.45, 2.75) is 85.0 Å². The maximum absolute atomic E-state index is 5.64. The van der Waals surface area contributed by atoms with Crippen LogP contribution in [0.3, 0.4) is 0 Å². The fourth-order valence-electron chi connectivity index (χ4n) is 2.02. The van der Waals surface area contributed by atoms with Gasteiger partial charge < -0.3 is 0 Å². The maximum Gasteiger partial charge on any atom is 0.0223 e. The summed E-state index contributed by atoms with van der Waals surface area (Å²) in [6, 6.07) is 0. The first-order valence-corrected chi connectivity index (χ1v) is 8.10. The molecule has 0 spiro atoms. The van der Waals surface area contributed by atoms with Gasteiger partial charge in [-0.1, -0.05) is 72.1 Å². The summed E-state index contributed by atoms with van der Waals surface area (Å²) in [5.41, 5.74) is 0. The second-order valence-corrected chi connectivity index (χ2v) is 6.00. The number of alkyl halides is 1. The molecule has 103 valence electrons. The molecule has 0 aliphatic rings. The molecule has 1 heteroatoms. The van der Waals surface area contributed by atoms with Gasteiger partial charge in [0, 0.05) is 5.88 Å². The lowest BCUT2D eigenvalue weighted by molar-refractivity contribution is 0.533. The molecule has 17 heavy (non-hydrogen) atoms. The van der Waals surface area contributed by atoms with Crippen LogP contribution in [0.5, 0.6) is 0 Å². The summed E-state index contributed by atoms with van der Waals surface area (Å²) in [7, 11) is 0. The first-order valence-electron chi connectivity index (χ1n) is 7.56. The van der Waals surface area contributed by atoms with Gasteiger partial charge in [0.15, 0.2) is 0 Å². The third-order valence-corrected chi connectivity index (χ3v) is 3.96. The van der Waals surface area contributed by atoms with E-state index in [4.69, 9.17) is 11.6 Å². The molecule has 1 radical (unpaired) electrons. The van der Waals surface area contributed by atoms with Crippen molar-refractivity contribution >= 4 is 11.6 Å². The largest absolute Gasteiger partial charge is 0.127 e. The molecule has 0 aromatic carbocycles. The highest BCUT2D eigenvalue weighted by Crippen LogP contribution is 2.20. The lowest BCUT2D eigenvalue weighted by atomic mass is 9.92. The van der Waals surface area contributed by atoms with E-state index in [1.807, 2.05) is 0 Å². The fraction of sp³-hybridized carbons (Fsp3) is 0.938. The van der Waals surface area contributed by atoms with Gasteiger partial charge in [-0.05, 0) is 24.7 Å². The van der Waals surface area contributed by atoms with E-state index in [9.17, 15) is 0 Å². The van der Waals surface area contributed by atoms with Gasteiger partial charge >= 0.3 is 0 Å². The molecule has 0 aromatic heterocycles. The summed E-state index contributed by atoms with van der Waals surface area (Å²) in [4.78, 5) is 0. The average Bonchev–Trinajstić information content (AvgIpc) is 2.31. The van der Waals surface area contributed by atoms with Crippen LogP contribution in [0.1, 0.15) is 85.0 Å². The number of unbranched alkanes of at least 4 members (excludes halogenated alkanes) is 8. The van der Waals surface area contributed by atoms with Gasteiger partial charge in [-0.25, -0.2) is 0 Å². The Bertz CT molecular complexity index is 142. The Kier molecular flexibility index (Phi) is 13.0. The van der Waals surface area contributed by atoms with Crippen molar-refractivity contribution in [3.05, 3.63) is 5.92 Å². The second-order valence-electron chi connectivity index (χ2n) is 5.62. The molecule has 0 unspecified atom stereocenters. The van der Waals surface area contributed by atoms with Crippen LogP contribution in [-0.4, -0.2) is 5.88 Å². The fourth-order valence-corrected chi connectivity index (χ4v) is 2.21. The van der Waals surface area contributed by atoms with Crippen molar-refractivity contribution in [2.24, 2.45) is 5.92 Å². The van der Waals surface area contributed by atoms with E-state index in [0.29, 0.717) is 0 Å². The minimum Gasteiger partial charge on any atom is -0.127 e. The second kappa shape index (κ2) is 12.7. The predicted molar refractivity (Wildman–Crippen MR) is 80.6 cm³/mol. The molecule has 0 fully saturated rings. The Hall–Kier alpha value is 0.290. The van der Waals surface area contributed by atoms with Crippen LogP contribution in [-0.2, 0) is 0 Å². The van der Waals surface area contributed by atoms with E-state index in [1.165, 1.54) is 64.2 Å². The van der Waals surface area contributed by atoms with Gasteiger partial charge in [0.05, 0.1) is 0 Å². The van der Waals surface area contributed by atoms with Gasteiger partial charge in [-0.2, -0.15) is 0 Å². The Morgan fingerprint density at radius 3 is 1.59 bits per heavy atom. The van der Waals surface area contributed by atoms with Crippen LogP contribution in [0.25, 0.3) is 0 Å². The quantitative estimate of drug-likeness (QED) is 0.282. The Balaban J connectivity index is 3.03. The van der Waals surface area contributed by atoms with Crippen molar-refractivity contribution < 1.29 is 0 Å². The minimum atomic E-state index is 0.775. The zero-order chi connectivity index (χ0) is 12.9. The van der Waals surface area contributed by atoms with Crippen LogP contribution in [0.4, 0.5) is 0 Å². The van der Waals surface area contributed by atoms with Crippen molar-refractivity contribution in [2.75, 3.05) is 5.88 Å². The average molecular weight is 260 g/mol. The summed E-state index contributed by atoms with van der Waals surface area (Å²) in [5.74, 6) is 3.29. The van der Waals surface area contributed by atoms with E-state index in [-0.39, 0.29) is 0 Å². The van der Waals surface area contributed by atoms with Gasteiger partial charge in [0.1, 0.15) is 0 Å². The van der Waals surface area contributed by atoms with Gasteiger partial charge in [0.2, 0.25) is 0 Å². The van der Waals surface area contributed by atoms with Crippen LogP contribution >= 0.6 is 11.6 Å². The predicted octanol–water partition coefficient (Wildman–Crippen LogP) is 6.38. The summed E-state index contributed by atoms with van der Waals surface area (Å²) < 4.78 is 0. The van der Waals surface area contributed by atoms with Crippen LogP contribution < -0.4 is 0 Å². The monoisotopic (exact) mass is 259 g/mol. The minimum absolute atomic E-state index is 0.775.